The molecular weight excluding hydrogens is 656 g/mol. The second-order valence-electron chi connectivity index (χ2n) is 16.4. The molecule has 0 bridgehead atoms. The van der Waals surface area contributed by atoms with E-state index >= 15 is 0 Å². The molecule has 1 aliphatic heterocycles. The Bertz CT molecular complexity index is 1790. The molecule has 1 saturated heterocycles. The molecular formula is C37H51ClN6O4Si. The van der Waals surface area contributed by atoms with Crippen molar-refractivity contribution in [2.45, 2.75) is 110 Å². The highest BCUT2D eigenvalue weighted by Gasteiger charge is 2.48. The smallest absolute Gasteiger partial charge is 0.410 e. The first-order valence-corrected chi connectivity index (χ1v) is 20.6. The van der Waals surface area contributed by atoms with Gasteiger partial charge in [0, 0.05) is 42.3 Å². The SMILES string of the molecule is Cc1c(-c2cc(OC(CO[Si](C)(C)C(C)(C)C)c3ccccn3)c3c(Cl)cnn3c2)cnn1C1CC2(CCN(C(=O)OC(C)(C)C)CC2)C1. The van der Waals surface area contributed by atoms with E-state index in [4.69, 9.17) is 30.6 Å². The Labute approximate surface area is 296 Å². The topological polar surface area (TPSA) is 96.0 Å². The lowest BCUT2D eigenvalue weighted by atomic mass is 9.60. The summed E-state index contributed by atoms with van der Waals surface area (Å²) in [7, 11) is -2.06. The molecule has 5 heterocycles. The van der Waals surface area contributed by atoms with Crippen molar-refractivity contribution in [1.82, 2.24) is 29.3 Å². The van der Waals surface area contributed by atoms with Crippen LogP contribution in [0.3, 0.4) is 0 Å². The van der Waals surface area contributed by atoms with E-state index in [1.54, 1.807) is 16.9 Å². The molecule has 1 amide bonds. The summed E-state index contributed by atoms with van der Waals surface area (Å²) in [6.07, 6.45) is 10.8. The van der Waals surface area contributed by atoms with Crippen LogP contribution in [0.25, 0.3) is 16.6 Å². The summed E-state index contributed by atoms with van der Waals surface area (Å²) in [6, 6.07) is 8.20. The number of hydrogen-bond donors (Lipinski definition) is 0. The summed E-state index contributed by atoms with van der Waals surface area (Å²) in [6.45, 7) is 20.9. The molecule has 2 fully saturated rings. The van der Waals surface area contributed by atoms with Crippen molar-refractivity contribution in [3.8, 4) is 16.9 Å². The number of hydrogen-bond acceptors (Lipinski definition) is 7. The van der Waals surface area contributed by atoms with Gasteiger partial charge in [-0.05, 0) is 95.1 Å². The quantitative estimate of drug-likeness (QED) is 0.169. The first-order chi connectivity index (χ1) is 23.0. The highest BCUT2D eigenvalue weighted by Crippen LogP contribution is 2.55. The van der Waals surface area contributed by atoms with Crippen LogP contribution in [-0.4, -0.2) is 69.0 Å². The molecule has 12 heteroatoms. The third-order valence-corrected chi connectivity index (χ3v) is 15.5. The van der Waals surface area contributed by atoms with E-state index in [0.717, 1.165) is 61.3 Å². The fraction of sp³-hybridized carbons (Fsp3) is 0.568. The van der Waals surface area contributed by atoms with E-state index in [1.807, 2.05) is 62.3 Å². The molecule has 0 radical (unpaired) electrons. The minimum Gasteiger partial charge on any atom is -0.479 e. The standard InChI is InChI=1S/C37H51ClN6O4Si/c1-25-28(21-41-44(25)27-19-37(20-27)13-16-42(17-14-37)34(45)48-35(2,3)4)26-18-31(33-29(38)22-40-43(33)23-26)47-32(30-12-10-11-15-39-30)24-46-49(8,9)36(5,6)7/h10-12,15,18,21-23,27,32H,13-14,16-17,19-20,24H2,1-9H3. The first kappa shape index (κ1) is 35.4. The van der Waals surface area contributed by atoms with Gasteiger partial charge in [0.15, 0.2) is 14.4 Å². The lowest BCUT2D eigenvalue weighted by molar-refractivity contribution is -0.0262. The fourth-order valence-electron chi connectivity index (χ4n) is 6.77. The number of ether oxygens (including phenoxy) is 2. The number of carbonyl (C=O) groups excluding carboxylic acids is 1. The van der Waals surface area contributed by atoms with Gasteiger partial charge in [0.25, 0.3) is 0 Å². The molecule has 2 aliphatic rings. The third-order valence-electron chi connectivity index (χ3n) is 10.7. The number of rotatable bonds is 8. The van der Waals surface area contributed by atoms with E-state index in [1.165, 1.54) is 0 Å². The maximum Gasteiger partial charge on any atom is 0.410 e. The Balaban J connectivity index is 1.22. The van der Waals surface area contributed by atoms with Gasteiger partial charge >= 0.3 is 6.09 Å². The average Bonchev–Trinajstić information content (AvgIpc) is 3.58. The van der Waals surface area contributed by atoms with Crippen molar-refractivity contribution in [2.24, 2.45) is 5.41 Å². The summed E-state index contributed by atoms with van der Waals surface area (Å²) < 4.78 is 23.0. The lowest BCUT2D eigenvalue weighted by Crippen LogP contribution is -2.50. The predicted octanol–water partition coefficient (Wildman–Crippen LogP) is 9.05. The van der Waals surface area contributed by atoms with Gasteiger partial charge in [-0.2, -0.15) is 10.2 Å². The molecule has 10 nitrogen and oxygen atoms in total. The van der Waals surface area contributed by atoms with Crippen LogP contribution >= 0.6 is 11.6 Å². The summed E-state index contributed by atoms with van der Waals surface area (Å²) in [4.78, 5) is 19.1. The van der Waals surface area contributed by atoms with Crippen molar-refractivity contribution in [2.75, 3.05) is 19.7 Å². The normalized spacial score (nSPS) is 17.7. The molecule has 1 atom stereocenters. The van der Waals surface area contributed by atoms with Crippen molar-refractivity contribution < 1.29 is 18.7 Å². The zero-order valence-electron chi connectivity index (χ0n) is 30.4. The van der Waals surface area contributed by atoms with Crippen molar-refractivity contribution in [3.63, 3.8) is 0 Å². The molecule has 1 spiro atoms. The Hall–Kier alpha value is -3.41. The van der Waals surface area contributed by atoms with Gasteiger partial charge in [-0.15, -0.1) is 0 Å². The molecule has 1 saturated carbocycles. The molecule has 4 aromatic heterocycles. The van der Waals surface area contributed by atoms with Gasteiger partial charge in [0.1, 0.15) is 16.9 Å². The van der Waals surface area contributed by atoms with Crippen LogP contribution in [0, 0.1) is 12.3 Å². The molecule has 1 unspecified atom stereocenters. The van der Waals surface area contributed by atoms with Gasteiger partial charge in [-0.1, -0.05) is 38.4 Å². The number of pyridine rings is 2. The minimum absolute atomic E-state index is 0.0544. The number of nitrogens with zero attached hydrogens (tertiary/aromatic N) is 6. The fourth-order valence-corrected chi connectivity index (χ4v) is 8.00. The van der Waals surface area contributed by atoms with Crippen LogP contribution < -0.4 is 4.74 Å². The molecule has 49 heavy (non-hydrogen) atoms. The molecule has 0 aromatic carbocycles. The zero-order valence-corrected chi connectivity index (χ0v) is 32.2. The van der Waals surface area contributed by atoms with Gasteiger partial charge in [-0.3, -0.25) is 9.67 Å². The second-order valence-corrected chi connectivity index (χ2v) is 21.6. The highest BCUT2D eigenvalue weighted by atomic mass is 35.5. The molecule has 264 valence electrons. The van der Waals surface area contributed by atoms with Crippen LogP contribution in [-0.2, 0) is 9.16 Å². The van der Waals surface area contributed by atoms with Crippen molar-refractivity contribution in [1.29, 1.82) is 0 Å². The number of aromatic nitrogens is 5. The first-order valence-electron chi connectivity index (χ1n) is 17.4. The van der Waals surface area contributed by atoms with E-state index in [2.05, 4.69) is 55.6 Å². The minimum atomic E-state index is -2.06. The van der Waals surface area contributed by atoms with Crippen LogP contribution in [0.15, 0.2) is 49.1 Å². The molecule has 1 aliphatic carbocycles. The summed E-state index contributed by atoms with van der Waals surface area (Å²) >= 11 is 6.70. The number of amides is 1. The number of likely N-dealkylation sites (tertiary alicyclic amines) is 1. The summed E-state index contributed by atoms with van der Waals surface area (Å²) in [5.41, 5.74) is 4.31. The summed E-state index contributed by atoms with van der Waals surface area (Å²) in [5, 5.41) is 10.0. The van der Waals surface area contributed by atoms with Gasteiger partial charge < -0.3 is 18.8 Å². The van der Waals surface area contributed by atoms with Crippen LogP contribution in [0.5, 0.6) is 5.75 Å². The van der Waals surface area contributed by atoms with E-state index in [-0.39, 0.29) is 16.5 Å². The highest BCUT2D eigenvalue weighted by molar-refractivity contribution is 6.74. The maximum absolute atomic E-state index is 12.6. The maximum atomic E-state index is 12.6. The van der Waals surface area contributed by atoms with E-state index < -0.39 is 20.0 Å². The summed E-state index contributed by atoms with van der Waals surface area (Å²) in [5.74, 6) is 0.612. The van der Waals surface area contributed by atoms with Gasteiger partial charge in [0.05, 0.1) is 35.8 Å². The Morgan fingerprint density at radius 1 is 1.08 bits per heavy atom. The average molecular weight is 707 g/mol. The van der Waals surface area contributed by atoms with Gasteiger partial charge in [-0.25, -0.2) is 9.31 Å². The van der Waals surface area contributed by atoms with Crippen LogP contribution in [0.1, 0.15) is 90.8 Å². The Morgan fingerprint density at radius 2 is 1.80 bits per heavy atom. The Morgan fingerprint density at radius 3 is 2.43 bits per heavy atom. The monoisotopic (exact) mass is 706 g/mol. The van der Waals surface area contributed by atoms with Crippen molar-refractivity contribution in [3.05, 3.63) is 65.5 Å². The zero-order chi connectivity index (χ0) is 35.4. The van der Waals surface area contributed by atoms with E-state index in [0.29, 0.717) is 28.9 Å². The second kappa shape index (κ2) is 13.0. The van der Waals surface area contributed by atoms with Crippen LogP contribution in [0.4, 0.5) is 4.79 Å². The number of fused-ring (bicyclic) bond motifs is 1. The number of halogens is 1. The predicted molar refractivity (Wildman–Crippen MR) is 195 cm³/mol. The van der Waals surface area contributed by atoms with Crippen LogP contribution in [0.2, 0.25) is 23.2 Å². The Kier molecular flexibility index (Phi) is 9.43. The number of piperidine rings is 1. The lowest BCUT2D eigenvalue weighted by Gasteiger charge is -2.52. The van der Waals surface area contributed by atoms with Crippen molar-refractivity contribution >= 4 is 31.5 Å². The molecule has 0 N–H and O–H groups in total. The largest absolute Gasteiger partial charge is 0.479 e. The number of carbonyl (C=O) groups is 1. The van der Waals surface area contributed by atoms with Gasteiger partial charge in [0.2, 0.25) is 0 Å². The molecule has 4 aromatic rings. The molecule has 6 rings (SSSR count). The third kappa shape index (κ3) is 7.39. The van der Waals surface area contributed by atoms with E-state index in [9.17, 15) is 4.79 Å².